The highest BCUT2D eigenvalue weighted by Crippen LogP contribution is 2.09. The Hall–Kier alpha value is -0.130. The first kappa shape index (κ1) is 13.9. The van der Waals surface area contributed by atoms with E-state index in [1.165, 1.54) is 10.6 Å². The standard InChI is InChI=1S/C9H22N2O2S/c1-9(2,3)10(4)7-8-11(5)14(6,12)13/h7-8H2,1-6H3. The number of rotatable bonds is 4. The van der Waals surface area contributed by atoms with Gasteiger partial charge in [0.05, 0.1) is 6.26 Å². The molecule has 0 N–H and O–H groups in total. The van der Waals surface area contributed by atoms with Crippen LogP contribution >= 0.6 is 0 Å². The average molecular weight is 222 g/mol. The summed E-state index contributed by atoms with van der Waals surface area (Å²) in [5, 5.41) is 0. The van der Waals surface area contributed by atoms with Gasteiger partial charge in [-0.15, -0.1) is 0 Å². The fourth-order valence-electron chi connectivity index (χ4n) is 0.792. The van der Waals surface area contributed by atoms with Crippen LogP contribution in [0.1, 0.15) is 20.8 Å². The Balaban J connectivity index is 4.09. The monoisotopic (exact) mass is 222 g/mol. The van der Waals surface area contributed by atoms with E-state index in [-0.39, 0.29) is 5.54 Å². The molecule has 0 aliphatic carbocycles. The van der Waals surface area contributed by atoms with Crippen LogP contribution in [0.5, 0.6) is 0 Å². The highest BCUT2D eigenvalue weighted by Gasteiger charge is 2.18. The Morgan fingerprint density at radius 2 is 1.50 bits per heavy atom. The highest BCUT2D eigenvalue weighted by molar-refractivity contribution is 7.88. The number of sulfonamides is 1. The van der Waals surface area contributed by atoms with E-state index in [0.717, 1.165) is 6.54 Å². The predicted octanol–water partition coefficient (Wildman–Crippen LogP) is 0.608. The maximum Gasteiger partial charge on any atom is 0.210 e. The molecule has 0 spiro atoms. The number of nitrogens with zero attached hydrogens (tertiary/aromatic N) is 2. The predicted molar refractivity (Wildman–Crippen MR) is 59.9 cm³/mol. The molecule has 0 atom stereocenters. The minimum absolute atomic E-state index is 0.0817. The summed E-state index contributed by atoms with van der Waals surface area (Å²) >= 11 is 0. The normalized spacial score (nSPS) is 14.0. The highest BCUT2D eigenvalue weighted by atomic mass is 32.2. The maximum atomic E-state index is 11.1. The topological polar surface area (TPSA) is 40.6 Å². The van der Waals surface area contributed by atoms with E-state index in [1.807, 2.05) is 7.05 Å². The zero-order valence-corrected chi connectivity index (χ0v) is 10.8. The van der Waals surface area contributed by atoms with Crippen LogP contribution in [0.15, 0.2) is 0 Å². The molecule has 14 heavy (non-hydrogen) atoms. The van der Waals surface area contributed by atoms with E-state index >= 15 is 0 Å². The Labute approximate surface area is 87.9 Å². The molecule has 0 fully saturated rings. The minimum Gasteiger partial charge on any atom is -0.300 e. The Kier molecular flexibility index (Phi) is 4.55. The van der Waals surface area contributed by atoms with Gasteiger partial charge in [-0.3, -0.25) is 0 Å². The molecule has 0 heterocycles. The van der Waals surface area contributed by atoms with Crippen molar-refractivity contribution in [3.63, 3.8) is 0 Å². The number of hydrogen-bond acceptors (Lipinski definition) is 3. The van der Waals surface area contributed by atoms with Crippen LogP contribution in [-0.2, 0) is 10.0 Å². The van der Waals surface area contributed by atoms with Crippen molar-refractivity contribution in [2.24, 2.45) is 0 Å². The summed E-state index contributed by atoms with van der Waals surface area (Å²) in [4.78, 5) is 2.13. The summed E-state index contributed by atoms with van der Waals surface area (Å²) < 4.78 is 23.6. The fraction of sp³-hybridized carbons (Fsp3) is 1.00. The van der Waals surface area contributed by atoms with Gasteiger partial charge in [0.2, 0.25) is 10.0 Å². The average Bonchev–Trinajstić information content (AvgIpc) is 1.95. The molecule has 4 nitrogen and oxygen atoms in total. The van der Waals surface area contributed by atoms with Gasteiger partial charge in [0.15, 0.2) is 0 Å². The minimum atomic E-state index is -3.04. The molecule has 0 aromatic rings. The van der Waals surface area contributed by atoms with Gasteiger partial charge < -0.3 is 4.90 Å². The van der Waals surface area contributed by atoms with E-state index < -0.39 is 10.0 Å². The lowest BCUT2D eigenvalue weighted by molar-refractivity contribution is 0.168. The van der Waals surface area contributed by atoms with Crippen molar-refractivity contribution in [2.45, 2.75) is 26.3 Å². The maximum absolute atomic E-state index is 11.1. The van der Waals surface area contributed by atoms with Crippen LogP contribution in [0.25, 0.3) is 0 Å². The summed E-state index contributed by atoms with van der Waals surface area (Å²) in [5.74, 6) is 0. The van der Waals surface area contributed by atoms with Crippen LogP contribution in [0.4, 0.5) is 0 Å². The zero-order chi connectivity index (χ0) is 11.6. The van der Waals surface area contributed by atoms with Gasteiger partial charge in [0.25, 0.3) is 0 Å². The molecule has 0 radical (unpaired) electrons. The van der Waals surface area contributed by atoms with Crippen molar-refractivity contribution in [1.29, 1.82) is 0 Å². The van der Waals surface area contributed by atoms with Crippen molar-refractivity contribution in [2.75, 3.05) is 33.4 Å². The van der Waals surface area contributed by atoms with Gasteiger partial charge in [0.1, 0.15) is 0 Å². The third-order valence-corrected chi connectivity index (χ3v) is 3.78. The van der Waals surface area contributed by atoms with Crippen LogP contribution in [0.2, 0.25) is 0 Å². The molecule has 86 valence electrons. The Morgan fingerprint density at radius 1 is 1.07 bits per heavy atom. The van der Waals surface area contributed by atoms with Crippen molar-refractivity contribution in [1.82, 2.24) is 9.21 Å². The number of likely N-dealkylation sites (N-methyl/N-ethyl adjacent to an activating group) is 2. The van der Waals surface area contributed by atoms with E-state index in [2.05, 4.69) is 25.7 Å². The molecule has 0 saturated heterocycles. The second-order valence-corrected chi connectivity index (χ2v) is 6.77. The molecular formula is C9H22N2O2S. The summed E-state index contributed by atoms with van der Waals surface area (Å²) in [6.45, 7) is 7.59. The molecule has 5 heteroatoms. The van der Waals surface area contributed by atoms with Crippen LogP contribution in [-0.4, -0.2) is 56.6 Å². The molecule has 0 aliphatic heterocycles. The molecular weight excluding hydrogens is 200 g/mol. The molecule has 0 rings (SSSR count). The largest absolute Gasteiger partial charge is 0.300 e. The van der Waals surface area contributed by atoms with Gasteiger partial charge in [-0.1, -0.05) is 0 Å². The third-order valence-electron chi connectivity index (χ3n) is 2.46. The van der Waals surface area contributed by atoms with Gasteiger partial charge in [0, 0.05) is 25.7 Å². The summed E-state index contributed by atoms with van der Waals surface area (Å²) in [7, 11) is 0.562. The quantitative estimate of drug-likeness (QED) is 0.700. The lowest BCUT2D eigenvalue weighted by Gasteiger charge is -2.32. The second-order valence-electron chi connectivity index (χ2n) is 4.68. The van der Waals surface area contributed by atoms with Crippen molar-refractivity contribution >= 4 is 10.0 Å². The van der Waals surface area contributed by atoms with Crippen LogP contribution < -0.4 is 0 Å². The smallest absolute Gasteiger partial charge is 0.210 e. The Bertz CT molecular complexity index is 267. The Morgan fingerprint density at radius 3 is 1.79 bits per heavy atom. The van der Waals surface area contributed by atoms with Crippen LogP contribution in [0.3, 0.4) is 0 Å². The van der Waals surface area contributed by atoms with Crippen LogP contribution in [0, 0.1) is 0 Å². The molecule has 0 saturated carbocycles. The van der Waals surface area contributed by atoms with E-state index in [1.54, 1.807) is 7.05 Å². The molecule has 0 aromatic heterocycles. The lowest BCUT2D eigenvalue weighted by Crippen LogP contribution is -2.43. The summed E-state index contributed by atoms with van der Waals surface area (Å²) in [6, 6.07) is 0. The summed E-state index contributed by atoms with van der Waals surface area (Å²) in [6.07, 6.45) is 1.23. The zero-order valence-electron chi connectivity index (χ0n) is 10.0. The molecule has 0 unspecified atom stereocenters. The summed E-state index contributed by atoms with van der Waals surface area (Å²) in [5.41, 5.74) is 0.0817. The van der Waals surface area contributed by atoms with E-state index in [0.29, 0.717) is 6.54 Å². The SMILES string of the molecule is CN(CCN(C)S(C)(=O)=O)C(C)(C)C. The van der Waals surface area contributed by atoms with Gasteiger partial charge >= 0.3 is 0 Å². The fourth-order valence-corrected chi connectivity index (χ4v) is 1.21. The van der Waals surface area contributed by atoms with Crippen molar-refractivity contribution in [3.8, 4) is 0 Å². The second kappa shape index (κ2) is 4.59. The van der Waals surface area contributed by atoms with E-state index in [9.17, 15) is 8.42 Å². The number of hydrogen-bond donors (Lipinski definition) is 0. The lowest BCUT2D eigenvalue weighted by atomic mass is 10.1. The van der Waals surface area contributed by atoms with E-state index in [4.69, 9.17) is 0 Å². The van der Waals surface area contributed by atoms with Crippen molar-refractivity contribution in [3.05, 3.63) is 0 Å². The van der Waals surface area contributed by atoms with Crippen molar-refractivity contribution < 1.29 is 8.42 Å². The molecule has 0 amide bonds. The van der Waals surface area contributed by atoms with Gasteiger partial charge in [-0.05, 0) is 27.8 Å². The molecule has 0 bridgehead atoms. The van der Waals surface area contributed by atoms with Gasteiger partial charge in [-0.2, -0.15) is 0 Å². The molecule has 0 aromatic carbocycles. The third kappa shape index (κ3) is 4.93. The van der Waals surface area contributed by atoms with Gasteiger partial charge in [-0.25, -0.2) is 12.7 Å². The first-order valence-corrected chi connectivity index (χ1v) is 6.52. The first-order valence-electron chi connectivity index (χ1n) is 4.67. The molecule has 0 aliphatic rings. The first-order chi connectivity index (χ1) is 6.05.